The number of hydrogen-bond acceptors (Lipinski definition) is 3. The zero-order valence-electron chi connectivity index (χ0n) is 13.8. The van der Waals surface area contributed by atoms with Crippen LogP contribution in [0.1, 0.15) is 44.1 Å². The van der Waals surface area contributed by atoms with Gasteiger partial charge in [-0.15, -0.1) is 0 Å². The summed E-state index contributed by atoms with van der Waals surface area (Å²) in [4.78, 5) is 25.9. The van der Waals surface area contributed by atoms with Gasteiger partial charge in [0.15, 0.2) is 0 Å². The van der Waals surface area contributed by atoms with E-state index < -0.39 is 6.03 Å². The standard InChI is InChI=1S/C18H24FN3O2/c19-16-8-4-1-5-13(16)11-22(15-9-10-15)12-17(23)21-18(24)20-14-6-2-3-7-14/h1,4-5,8,14-15H,2-3,6-7,9-12H2,(H2,20,21,23,24). The Labute approximate surface area is 141 Å². The summed E-state index contributed by atoms with van der Waals surface area (Å²) >= 11 is 0. The fourth-order valence-electron chi connectivity index (χ4n) is 3.24. The molecule has 0 saturated heterocycles. The number of halogens is 1. The van der Waals surface area contributed by atoms with Crippen molar-refractivity contribution >= 4 is 11.9 Å². The van der Waals surface area contributed by atoms with Gasteiger partial charge < -0.3 is 5.32 Å². The van der Waals surface area contributed by atoms with E-state index in [9.17, 15) is 14.0 Å². The van der Waals surface area contributed by atoms with Gasteiger partial charge >= 0.3 is 6.03 Å². The monoisotopic (exact) mass is 333 g/mol. The molecule has 6 heteroatoms. The SMILES string of the molecule is O=C(CN(Cc1ccccc1F)C1CC1)NC(=O)NC1CCCC1. The van der Waals surface area contributed by atoms with Crippen molar-refractivity contribution < 1.29 is 14.0 Å². The van der Waals surface area contributed by atoms with Gasteiger partial charge in [0.2, 0.25) is 5.91 Å². The van der Waals surface area contributed by atoms with E-state index in [1.807, 2.05) is 4.90 Å². The molecule has 3 rings (SSSR count). The number of amides is 3. The highest BCUT2D eigenvalue weighted by Gasteiger charge is 2.31. The molecule has 2 fully saturated rings. The van der Waals surface area contributed by atoms with Crippen LogP contribution in [-0.4, -0.2) is 35.5 Å². The van der Waals surface area contributed by atoms with Crippen LogP contribution in [0.15, 0.2) is 24.3 Å². The summed E-state index contributed by atoms with van der Waals surface area (Å²) in [5.74, 6) is -0.601. The molecular formula is C18H24FN3O2. The van der Waals surface area contributed by atoms with E-state index in [1.54, 1.807) is 18.2 Å². The first-order valence-electron chi connectivity index (χ1n) is 8.69. The van der Waals surface area contributed by atoms with Gasteiger partial charge in [0.25, 0.3) is 0 Å². The number of nitrogens with one attached hydrogen (secondary N) is 2. The van der Waals surface area contributed by atoms with E-state index >= 15 is 0 Å². The summed E-state index contributed by atoms with van der Waals surface area (Å²) in [5.41, 5.74) is 0.576. The van der Waals surface area contributed by atoms with Crippen molar-refractivity contribution in [3.8, 4) is 0 Å². The zero-order chi connectivity index (χ0) is 16.9. The first-order chi connectivity index (χ1) is 11.6. The number of urea groups is 1. The van der Waals surface area contributed by atoms with Crippen molar-refractivity contribution in [2.45, 2.75) is 57.2 Å². The Bertz CT molecular complexity index is 598. The van der Waals surface area contributed by atoms with Crippen LogP contribution in [0, 0.1) is 5.82 Å². The minimum absolute atomic E-state index is 0.108. The third-order valence-corrected chi connectivity index (χ3v) is 4.68. The first-order valence-corrected chi connectivity index (χ1v) is 8.69. The predicted octanol–water partition coefficient (Wildman–Crippen LogP) is 2.56. The molecule has 3 amide bonds. The molecule has 2 saturated carbocycles. The molecule has 0 radical (unpaired) electrons. The fourth-order valence-corrected chi connectivity index (χ4v) is 3.24. The summed E-state index contributed by atoms with van der Waals surface area (Å²) in [6, 6.07) is 6.65. The highest BCUT2D eigenvalue weighted by molar-refractivity contribution is 5.95. The lowest BCUT2D eigenvalue weighted by atomic mass is 10.2. The number of carbonyl (C=O) groups is 2. The van der Waals surface area contributed by atoms with Crippen LogP contribution in [-0.2, 0) is 11.3 Å². The Kier molecular flexibility index (Phi) is 5.45. The zero-order valence-corrected chi connectivity index (χ0v) is 13.8. The second-order valence-electron chi connectivity index (χ2n) is 6.73. The Hall–Kier alpha value is -1.95. The van der Waals surface area contributed by atoms with Crippen LogP contribution >= 0.6 is 0 Å². The number of rotatable bonds is 6. The van der Waals surface area contributed by atoms with E-state index in [1.165, 1.54) is 6.07 Å². The molecule has 2 aliphatic rings. The molecule has 0 aromatic heterocycles. The van der Waals surface area contributed by atoms with E-state index in [2.05, 4.69) is 10.6 Å². The third-order valence-electron chi connectivity index (χ3n) is 4.68. The molecule has 130 valence electrons. The Morgan fingerprint density at radius 2 is 1.83 bits per heavy atom. The van der Waals surface area contributed by atoms with Gasteiger partial charge in [0.1, 0.15) is 5.82 Å². The van der Waals surface area contributed by atoms with Crippen molar-refractivity contribution in [3.63, 3.8) is 0 Å². The predicted molar refractivity (Wildman–Crippen MR) is 88.8 cm³/mol. The minimum Gasteiger partial charge on any atom is -0.335 e. The van der Waals surface area contributed by atoms with Crippen molar-refractivity contribution in [3.05, 3.63) is 35.6 Å². The molecule has 24 heavy (non-hydrogen) atoms. The fraction of sp³-hybridized carbons (Fsp3) is 0.556. The lowest BCUT2D eigenvalue weighted by molar-refractivity contribution is -0.121. The van der Waals surface area contributed by atoms with Crippen molar-refractivity contribution in [2.24, 2.45) is 0 Å². The molecule has 0 heterocycles. The summed E-state index contributed by atoms with van der Waals surface area (Å²) in [7, 11) is 0. The first kappa shape index (κ1) is 16.9. The summed E-state index contributed by atoms with van der Waals surface area (Å²) in [6.45, 7) is 0.492. The molecule has 0 atom stereocenters. The topological polar surface area (TPSA) is 61.4 Å². The number of hydrogen-bond donors (Lipinski definition) is 2. The van der Waals surface area contributed by atoms with Crippen LogP contribution in [0.2, 0.25) is 0 Å². The third kappa shape index (κ3) is 4.77. The number of nitrogens with zero attached hydrogens (tertiary/aromatic N) is 1. The average molecular weight is 333 g/mol. The van der Waals surface area contributed by atoms with Crippen molar-refractivity contribution in [1.29, 1.82) is 0 Å². The van der Waals surface area contributed by atoms with E-state index in [0.29, 0.717) is 18.2 Å². The summed E-state index contributed by atoms with van der Waals surface area (Å²) < 4.78 is 13.8. The second kappa shape index (κ2) is 7.75. The molecule has 0 unspecified atom stereocenters. The van der Waals surface area contributed by atoms with Gasteiger partial charge in [-0.05, 0) is 31.7 Å². The van der Waals surface area contributed by atoms with Gasteiger partial charge in [-0.1, -0.05) is 31.0 Å². The quantitative estimate of drug-likeness (QED) is 0.841. The highest BCUT2D eigenvalue weighted by atomic mass is 19.1. The average Bonchev–Trinajstić information content (AvgIpc) is 3.27. The summed E-state index contributed by atoms with van der Waals surface area (Å²) in [5, 5.41) is 5.23. The normalized spacial score (nSPS) is 17.9. The highest BCUT2D eigenvalue weighted by Crippen LogP contribution is 2.28. The minimum atomic E-state index is -0.423. The molecule has 0 bridgehead atoms. The van der Waals surface area contributed by atoms with Gasteiger partial charge in [0.05, 0.1) is 6.54 Å². The van der Waals surface area contributed by atoms with Crippen molar-refractivity contribution in [2.75, 3.05) is 6.54 Å². The van der Waals surface area contributed by atoms with Crippen LogP contribution in [0.5, 0.6) is 0 Å². The molecule has 1 aromatic rings. The van der Waals surface area contributed by atoms with Crippen LogP contribution in [0.4, 0.5) is 9.18 Å². The lowest BCUT2D eigenvalue weighted by Crippen LogP contribution is -2.47. The number of carbonyl (C=O) groups excluding carboxylic acids is 2. The van der Waals surface area contributed by atoms with Gasteiger partial charge in [-0.2, -0.15) is 0 Å². The van der Waals surface area contributed by atoms with E-state index in [4.69, 9.17) is 0 Å². The Balaban J connectivity index is 1.50. The molecule has 2 aliphatic carbocycles. The van der Waals surface area contributed by atoms with Gasteiger partial charge in [0, 0.05) is 24.2 Å². The van der Waals surface area contributed by atoms with Gasteiger partial charge in [-0.25, -0.2) is 9.18 Å². The smallest absolute Gasteiger partial charge is 0.321 e. The van der Waals surface area contributed by atoms with E-state index in [0.717, 1.165) is 38.5 Å². The van der Waals surface area contributed by atoms with Crippen LogP contribution < -0.4 is 10.6 Å². The maximum atomic E-state index is 13.8. The van der Waals surface area contributed by atoms with E-state index in [-0.39, 0.29) is 24.3 Å². The molecule has 1 aromatic carbocycles. The molecular weight excluding hydrogens is 309 g/mol. The van der Waals surface area contributed by atoms with Crippen LogP contribution in [0.25, 0.3) is 0 Å². The largest absolute Gasteiger partial charge is 0.335 e. The summed E-state index contributed by atoms with van der Waals surface area (Å²) in [6.07, 6.45) is 6.21. The van der Waals surface area contributed by atoms with Crippen molar-refractivity contribution in [1.82, 2.24) is 15.5 Å². The second-order valence-corrected chi connectivity index (χ2v) is 6.73. The Morgan fingerprint density at radius 1 is 1.12 bits per heavy atom. The van der Waals surface area contributed by atoms with Crippen LogP contribution in [0.3, 0.4) is 0 Å². The molecule has 5 nitrogen and oxygen atoms in total. The number of imide groups is 1. The molecule has 2 N–H and O–H groups in total. The Morgan fingerprint density at radius 3 is 2.50 bits per heavy atom. The molecule has 0 aliphatic heterocycles. The van der Waals surface area contributed by atoms with Gasteiger partial charge in [-0.3, -0.25) is 15.0 Å². The maximum Gasteiger partial charge on any atom is 0.321 e. The number of benzene rings is 1. The lowest BCUT2D eigenvalue weighted by Gasteiger charge is -2.22. The maximum absolute atomic E-state index is 13.8. The molecule has 0 spiro atoms.